The maximum atomic E-state index is 10.6. The van der Waals surface area contributed by atoms with Crippen LogP contribution in [0.3, 0.4) is 0 Å². The van der Waals surface area contributed by atoms with Crippen LogP contribution in [0.25, 0.3) is 0 Å². The fourth-order valence-electron chi connectivity index (χ4n) is 1.97. The van der Waals surface area contributed by atoms with E-state index in [1.165, 1.54) is 31.2 Å². The molecule has 0 unspecified atom stereocenters. The summed E-state index contributed by atoms with van der Waals surface area (Å²) >= 11 is 0. The second-order valence-corrected chi connectivity index (χ2v) is 4.34. The monoisotopic (exact) mass is 204 g/mol. The second kappa shape index (κ2) is 4.47. The maximum absolute atomic E-state index is 10.6. The standard InChI is InChI=1S/C13H16O2/c14-13(15)12-8-6-11(7-9-12)5-4-10-2-1-3-10/h6-10H,1-5H2,(H,14,15). The molecule has 1 saturated carbocycles. The van der Waals surface area contributed by atoms with E-state index in [-0.39, 0.29) is 0 Å². The predicted octanol–water partition coefficient (Wildman–Crippen LogP) is 3.12. The molecule has 1 aromatic carbocycles. The molecular formula is C13H16O2. The highest BCUT2D eigenvalue weighted by atomic mass is 16.4. The van der Waals surface area contributed by atoms with Crippen molar-refractivity contribution in [2.45, 2.75) is 32.1 Å². The Morgan fingerprint density at radius 3 is 2.40 bits per heavy atom. The molecule has 2 rings (SSSR count). The third-order valence-electron chi connectivity index (χ3n) is 3.27. The zero-order valence-electron chi connectivity index (χ0n) is 8.78. The molecule has 1 aromatic rings. The molecule has 0 radical (unpaired) electrons. The summed E-state index contributed by atoms with van der Waals surface area (Å²) in [5.41, 5.74) is 1.63. The van der Waals surface area contributed by atoms with Crippen molar-refractivity contribution in [3.63, 3.8) is 0 Å². The average Bonchev–Trinajstić information content (AvgIpc) is 2.16. The minimum absolute atomic E-state index is 0.377. The van der Waals surface area contributed by atoms with Gasteiger partial charge in [-0.15, -0.1) is 0 Å². The van der Waals surface area contributed by atoms with Crippen LogP contribution < -0.4 is 0 Å². The summed E-state index contributed by atoms with van der Waals surface area (Å²) in [5, 5.41) is 8.74. The van der Waals surface area contributed by atoms with Gasteiger partial charge < -0.3 is 5.11 Å². The van der Waals surface area contributed by atoms with E-state index in [2.05, 4.69) is 0 Å². The zero-order valence-corrected chi connectivity index (χ0v) is 8.78. The number of carbonyl (C=O) groups is 1. The van der Waals surface area contributed by atoms with E-state index in [9.17, 15) is 4.79 Å². The topological polar surface area (TPSA) is 37.3 Å². The first kappa shape index (κ1) is 10.2. The van der Waals surface area contributed by atoms with E-state index in [0.29, 0.717) is 5.56 Å². The van der Waals surface area contributed by atoms with Crippen molar-refractivity contribution in [3.05, 3.63) is 35.4 Å². The quantitative estimate of drug-likeness (QED) is 0.818. The first-order valence-electron chi connectivity index (χ1n) is 5.58. The lowest BCUT2D eigenvalue weighted by Gasteiger charge is -2.25. The number of hydrogen-bond donors (Lipinski definition) is 1. The molecule has 1 aliphatic rings. The SMILES string of the molecule is O=C(O)c1ccc(CCC2CCC2)cc1. The molecule has 0 saturated heterocycles. The molecule has 0 heterocycles. The highest BCUT2D eigenvalue weighted by molar-refractivity contribution is 5.87. The van der Waals surface area contributed by atoms with Crippen molar-refractivity contribution in [3.8, 4) is 0 Å². The fraction of sp³-hybridized carbons (Fsp3) is 0.462. The Morgan fingerprint density at radius 2 is 1.93 bits per heavy atom. The third-order valence-corrected chi connectivity index (χ3v) is 3.27. The zero-order chi connectivity index (χ0) is 10.7. The molecule has 0 atom stereocenters. The van der Waals surface area contributed by atoms with Gasteiger partial charge in [0.1, 0.15) is 0 Å². The van der Waals surface area contributed by atoms with E-state index in [0.717, 1.165) is 12.3 Å². The molecule has 2 nitrogen and oxygen atoms in total. The van der Waals surface area contributed by atoms with Crippen molar-refractivity contribution in [1.29, 1.82) is 0 Å². The van der Waals surface area contributed by atoms with Crippen LogP contribution in [0.5, 0.6) is 0 Å². The number of aryl methyl sites for hydroxylation is 1. The van der Waals surface area contributed by atoms with E-state index in [1.54, 1.807) is 12.1 Å². The molecule has 1 fully saturated rings. The van der Waals surface area contributed by atoms with Gasteiger partial charge in [0.25, 0.3) is 0 Å². The van der Waals surface area contributed by atoms with Gasteiger partial charge >= 0.3 is 5.97 Å². The Balaban J connectivity index is 1.88. The summed E-state index contributed by atoms with van der Waals surface area (Å²) in [7, 11) is 0. The van der Waals surface area contributed by atoms with Crippen LogP contribution in [0.15, 0.2) is 24.3 Å². The molecule has 80 valence electrons. The molecule has 0 amide bonds. The lowest BCUT2D eigenvalue weighted by molar-refractivity contribution is 0.0697. The largest absolute Gasteiger partial charge is 0.478 e. The van der Waals surface area contributed by atoms with Crippen molar-refractivity contribution < 1.29 is 9.90 Å². The number of carboxylic acids is 1. The van der Waals surface area contributed by atoms with Gasteiger partial charge in [-0.25, -0.2) is 4.79 Å². The summed E-state index contributed by atoms with van der Waals surface area (Å²) < 4.78 is 0. The van der Waals surface area contributed by atoms with Crippen LogP contribution in [0.4, 0.5) is 0 Å². The maximum Gasteiger partial charge on any atom is 0.335 e. The summed E-state index contributed by atoms with van der Waals surface area (Å²) in [4.78, 5) is 10.6. The van der Waals surface area contributed by atoms with Crippen LogP contribution >= 0.6 is 0 Å². The lowest BCUT2D eigenvalue weighted by atomic mass is 9.81. The minimum Gasteiger partial charge on any atom is -0.478 e. The third kappa shape index (κ3) is 2.58. The van der Waals surface area contributed by atoms with Crippen LogP contribution in [-0.2, 0) is 6.42 Å². The van der Waals surface area contributed by atoms with Crippen LogP contribution in [0.2, 0.25) is 0 Å². The first-order valence-corrected chi connectivity index (χ1v) is 5.58. The Bertz CT molecular complexity index is 336. The highest BCUT2D eigenvalue weighted by Crippen LogP contribution is 2.30. The highest BCUT2D eigenvalue weighted by Gasteiger charge is 2.16. The summed E-state index contributed by atoms with van der Waals surface area (Å²) in [5.74, 6) is 0.0738. The van der Waals surface area contributed by atoms with E-state index in [4.69, 9.17) is 5.11 Å². The van der Waals surface area contributed by atoms with Gasteiger partial charge in [-0.1, -0.05) is 31.4 Å². The van der Waals surface area contributed by atoms with Gasteiger partial charge in [0.05, 0.1) is 5.56 Å². The Kier molecular flexibility index (Phi) is 3.05. The van der Waals surface area contributed by atoms with Gasteiger partial charge in [0.2, 0.25) is 0 Å². The van der Waals surface area contributed by atoms with Gasteiger partial charge in [0, 0.05) is 0 Å². The van der Waals surface area contributed by atoms with Gasteiger partial charge in [0.15, 0.2) is 0 Å². The Morgan fingerprint density at radius 1 is 1.27 bits per heavy atom. The number of hydrogen-bond acceptors (Lipinski definition) is 1. The fourth-order valence-corrected chi connectivity index (χ4v) is 1.97. The number of aromatic carboxylic acids is 1. The molecule has 0 aromatic heterocycles. The molecule has 0 spiro atoms. The molecule has 15 heavy (non-hydrogen) atoms. The van der Waals surface area contributed by atoms with Gasteiger partial charge in [-0.2, -0.15) is 0 Å². The molecular weight excluding hydrogens is 188 g/mol. The summed E-state index contributed by atoms with van der Waals surface area (Å²) in [6, 6.07) is 7.25. The van der Waals surface area contributed by atoms with Gasteiger partial charge in [-0.3, -0.25) is 0 Å². The average molecular weight is 204 g/mol. The molecule has 0 aliphatic heterocycles. The molecule has 0 bridgehead atoms. The molecule has 1 aliphatic carbocycles. The van der Waals surface area contributed by atoms with Crippen molar-refractivity contribution in [2.75, 3.05) is 0 Å². The number of rotatable bonds is 4. The number of carboxylic acid groups (broad SMARTS) is 1. The van der Waals surface area contributed by atoms with Crippen LogP contribution in [0.1, 0.15) is 41.6 Å². The smallest absolute Gasteiger partial charge is 0.335 e. The van der Waals surface area contributed by atoms with Crippen molar-refractivity contribution >= 4 is 5.97 Å². The Labute approximate surface area is 89.9 Å². The Hall–Kier alpha value is -1.31. The van der Waals surface area contributed by atoms with Crippen LogP contribution in [-0.4, -0.2) is 11.1 Å². The van der Waals surface area contributed by atoms with E-state index >= 15 is 0 Å². The lowest BCUT2D eigenvalue weighted by Crippen LogP contribution is -2.11. The first-order chi connectivity index (χ1) is 7.25. The van der Waals surface area contributed by atoms with E-state index < -0.39 is 5.97 Å². The van der Waals surface area contributed by atoms with Crippen LogP contribution in [0, 0.1) is 5.92 Å². The molecule has 2 heteroatoms. The number of benzene rings is 1. The van der Waals surface area contributed by atoms with Gasteiger partial charge in [-0.05, 0) is 36.5 Å². The second-order valence-electron chi connectivity index (χ2n) is 4.34. The summed E-state index contributed by atoms with van der Waals surface area (Å²) in [6.07, 6.45) is 6.50. The summed E-state index contributed by atoms with van der Waals surface area (Å²) in [6.45, 7) is 0. The van der Waals surface area contributed by atoms with Crippen molar-refractivity contribution in [2.24, 2.45) is 5.92 Å². The minimum atomic E-state index is -0.847. The molecule has 1 N–H and O–H groups in total. The predicted molar refractivity (Wildman–Crippen MR) is 59.1 cm³/mol. The normalized spacial score (nSPS) is 16.0. The van der Waals surface area contributed by atoms with E-state index in [1.807, 2.05) is 12.1 Å². The van der Waals surface area contributed by atoms with Crippen molar-refractivity contribution in [1.82, 2.24) is 0 Å².